The van der Waals surface area contributed by atoms with Gasteiger partial charge in [0.15, 0.2) is 0 Å². The lowest BCUT2D eigenvalue weighted by Crippen LogP contribution is -2.30. The standard InChI is InChI=1S/C24H19ClN2O2/c1-15-7-5-6-10-17(15)14-26-23(28)22-21(16-8-3-2-4-9-16)19-13-18(25)11-12-20(19)27-24(22)29/h2-13H,14H2,1H3,(H,26,28)(H,27,29). The molecule has 0 aliphatic rings. The first-order chi connectivity index (χ1) is 14.0. The Morgan fingerprint density at radius 2 is 1.72 bits per heavy atom. The number of pyridine rings is 1. The normalized spacial score (nSPS) is 10.8. The second-order valence-electron chi connectivity index (χ2n) is 6.87. The molecule has 0 saturated carbocycles. The van der Waals surface area contributed by atoms with Gasteiger partial charge in [0, 0.05) is 28.0 Å². The van der Waals surface area contributed by atoms with Crippen LogP contribution < -0.4 is 10.9 Å². The molecule has 0 saturated heterocycles. The van der Waals surface area contributed by atoms with Crippen molar-refractivity contribution in [3.63, 3.8) is 0 Å². The van der Waals surface area contributed by atoms with E-state index in [-0.39, 0.29) is 5.56 Å². The quantitative estimate of drug-likeness (QED) is 0.499. The Balaban J connectivity index is 1.85. The Kier molecular flexibility index (Phi) is 5.19. The summed E-state index contributed by atoms with van der Waals surface area (Å²) in [5.41, 5.74) is 3.73. The molecule has 4 rings (SSSR count). The van der Waals surface area contributed by atoms with E-state index in [0.717, 1.165) is 22.1 Å². The van der Waals surface area contributed by atoms with E-state index in [1.165, 1.54) is 0 Å². The van der Waals surface area contributed by atoms with Crippen molar-refractivity contribution in [3.8, 4) is 11.1 Å². The van der Waals surface area contributed by atoms with E-state index in [0.29, 0.717) is 22.6 Å². The van der Waals surface area contributed by atoms with Gasteiger partial charge in [0.1, 0.15) is 5.56 Å². The molecule has 5 heteroatoms. The van der Waals surface area contributed by atoms with Crippen molar-refractivity contribution in [2.45, 2.75) is 13.5 Å². The summed E-state index contributed by atoms with van der Waals surface area (Å²) in [6, 6.07) is 22.5. The Bertz CT molecular complexity index is 1260. The summed E-state index contributed by atoms with van der Waals surface area (Å²) < 4.78 is 0. The predicted octanol–water partition coefficient (Wildman–Crippen LogP) is 5.09. The lowest BCUT2D eigenvalue weighted by molar-refractivity contribution is 0.0950. The third-order valence-electron chi connectivity index (χ3n) is 4.97. The van der Waals surface area contributed by atoms with Gasteiger partial charge in [-0.15, -0.1) is 0 Å². The van der Waals surface area contributed by atoms with E-state index in [4.69, 9.17) is 11.6 Å². The Morgan fingerprint density at radius 3 is 2.48 bits per heavy atom. The van der Waals surface area contributed by atoms with E-state index < -0.39 is 11.5 Å². The van der Waals surface area contributed by atoms with Gasteiger partial charge in [0.25, 0.3) is 11.5 Å². The minimum absolute atomic E-state index is 0.0829. The van der Waals surface area contributed by atoms with Gasteiger partial charge in [-0.05, 0) is 41.8 Å². The van der Waals surface area contributed by atoms with Crippen LogP contribution in [0.1, 0.15) is 21.5 Å². The van der Waals surface area contributed by atoms with Gasteiger partial charge in [-0.25, -0.2) is 0 Å². The third-order valence-corrected chi connectivity index (χ3v) is 5.20. The molecule has 1 aromatic heterocycles. The third kappa shape index (κ3) is 3.80. The first-order valence-corrected chi connectivity index (χ1v) is 9.66. The molecule has 0 bridgehead atoms. The summed E-state index contributed by atoms with van der Waals surface area (Å²) in [7, 11) is 0. The smallest absolute Gasteiger partial charge is 0.261 e. The molecule has 0 unspecified atom stereocenters. The zero-order chi connectivity index (χ0) is 20.4. The van der Waals surface area contributed by atoms with E-state index >= 15 is 0 Å². The SMILES string of the molecule is Cc1ccccc1CNC(=O)c1c(-c2ccccc2)c2cc(Cl)ccc2[nH]c1=O. The van der Waals surface area contributed by atoms with Crippen LogP contribution in [0, 0.1) is 6.92 Å². The highest BCUT2D eigenvalue weighted by molar-refractivity contribution is 6.31. The molecule has 0 fully saturated rings. The number of aromatic nitrogens is 1. The van der Waals surface area contributed by atoms with Crippen molar-refractivity contribution in [3.05, 3.63) is 105 Å². The van der Waals surface area contributed by atoms with Crippen molar-refractivity contribution < 1.29 is 4.79 Å². The summed E-state index contributed by atoms with van der Waals surface area (Å²) in [5.74, 6) is -0.421. The van der Waals surface area contributed by atoms with Crippen LogP contribution in [0.3, 0.4) is 0 Å². The molecule has 0 spiro atoms. The number of rotatable bonds is 4. The second kappa shape index (κ2) is 7.94. The minimum atomic E-state index is -0.430. The summed E-state index contributed by atoms with van der Waals surface area (Å²) >= 11 is 6.22. The number of halogens is 1. The van der Waals surface area contributed by atoms with E-state index in [9.17, 15) is 9.59 Å². The zero-order valence-corrected chi connectivity index (χ0v) is 16.6. The number of nitrogens with one attached hydrogen (secondary N) is 2. The number of benzene rings is 3. The monoisotopic (exact) mass is 402 g/mol. The van der Waals surface area contributed by atoms with Crippen molar-refractivity contribution in [2.75, 3.05) is 0 Å². The molecule has 4 aromatic rings. The molecule has 3 aromatic carbocycles. The highest BCUT2D eigenvalue weighted by Crippen LogP contribution is 2.31. The van der Waals surface area contributed by atoms with Gasteiger partial charge >= 0.3 is 0 Å². The second-order valence-corrected chi connectivity index (χ2v) is 7.31. The number of carbonyl (C=O) groups excluding carboxylic acids is 1. The average Bonchev–Trinajstić information content (AvgIpc) is 2.73. The first-order valence-electron chi connectivity index (χ1n) is 9.28. The predicted molar refractivity (Wildman–Crippen MR) is 117 cm³/mol. The topological polar surface area (TPSA) is 62.0 Å². The van der Waals surface area contributed by atoms with Crippen LogP contribution in [0.5, 0.6) is 0 Å². The van der Waals surface area contributed by atoms with Gasteiger partial charge < -0.3 is 10.3 Å². The number of aromatic amines is 1. The number of hydrogen-bond donors (Lipinski definition) is 2. The largest absolute Gasteiger partial charge is 0.348 e. The van der Waals surface area contributed by atoms with Gasteiger partial charge in [0.2, 0.25) is 0 Å². The summed E-state index contributed by atoms with van der Waals surface area (Å²) in [4.78, 5) is 28.8. The van der Waals surface area contributed by atoms with Crippen LogP contribution in [0.4, 0.5) is 0 Å². The molecule has 29 heavy (non-hydrogen) atoms. The van der Waals surface area contributed by atoms with Crippen LogP contribution in [-0.4, -0.2) is 10.9 Å². The number of H-pyrrole nitrogens is 1. The van der Waals surface area contributed by atoms with Gasteiger partial charge in [-0.1, -0.05) is 66.2 Å². The maximum Gasteiger partial charge on any atom is 0.261 e. The summed E-state index contributed by atoms with van der Waals surface area (Å²) in [5, 5.41) is 4.16. The van der Waals surface area contributed by atoms with Gasteiger partial charge in [-0.3, -0.25) is 9.59 Å². The zero-order valence-electron chi connectivity index (χ0n) is 15.8. The maximum absolute atomic E-state index is 13.1. The molecule has 0 atom stereocenters. The fourth-order valence-electron chi connectivity index (χ4n) is 3.46. The van der Waals surface area contributed by atoms with Crippen LogP contribution in [0.15, 0.2) is 77.6 Å². The molecule has 4 nitrogen and oxygen atoms in total. The minimum Gasteiger partial charge on any atom is -0.348 e. The highest BCUT2D eigenvalue weighted by atomic mass is 35.5. The maximum atomic E-state index is 13.1. The highest BCUT2D eigenvalue weighted by Gasteiger charge is 2.21. The van der Waals surface area contributed by atoms with E-state index in [1.54, 1.807) is 18.2 Å². The molecule has 2 N–H and O–H groups in total. The lowest BCUT2D eigenvalue weighted by atomic mass is 9.95. The van der Waals surface area contributed by atoms with Crippen LogP contribution in [-0.2, 0) is 6.54 Å². The fourth-order valence-corrected chi connectivity index (χ4v) is 3.63. The Labute approximate surface area is 173 Å². The number of amides is 1. The van der Waals surface area contributed by atoms with Crippen LogP contribution in [0.2, 0.25) is 5.02 Å². The van der Waals surface area contributed by atoms with Crippen molar-refractivity contribution >= 4 is 28.4 Å². The molecule has 1 heterocycles. The lowest BCUT2D eigenvalue weighted by Gasteiger charge is -2.14. The van der Waals surface area contributed by atoms with Gasteiger partial charge in [-0.2, -0.15) is 0 Å². The average molecular weight is 403 g/mol. The van der Waals surface area contributed by atoms with Crippen molar-refractivity contribution in [2.24, 2.45) is 0 Å². The Morgan fingerprint density at radius 1 is 1.00 bits per heavy atom. The number of carbonyl (C=O) groups is 1. The van der Waals surface area contributed by atoms with Crippen LogP contribution >= 0.6 is 11.6 Å². The molecule has 144 valence electrons. The number of fused-ring (bicyclic) bond motifs is 1. The van der Waals surface area contributed by atoms with Crippen molar-refractivity contribution in [1.29, 1.82) is 0 Å². The molecular formula is C24H19ClN2O2. The number of aryl methyl sites for hydroxylation is 1. The summed E-state index contributed by atoms with van der Waals surface area (Å²) in [6.45, 7) is 2.33. The molecule has 1 amide bonds. The summed E-state index contributed by atoms with van der Waals surface area (Å²) in [6.07, 6.45) is 0. The van der Waals surface area contributed by atoms with Crippen LogP contribution in [0.25, 0.3) is 22.0 Å². The Hall–Kier alpha value is -3.37. The van der Waals surface area contributed by atoms with E-state index in [1.807, 2.05) is 61.5 Å². The van der Waals surface area contributed by atoms with E-state index in [2.05, 4.69) is 10.3 Å². The molecule has 0 aliphatic carbocycles. The molecule has 0 aliphatic heterocycles. The molecular weight excluding hydrogens is 384 g/mol. The first kappa shape index (κ1) is 19.0. The van der Waals surface area contributed by atoms with Gasteiger partial charge in [0.05, 0.1) is 0 Å². The number of hydrogen-bond acceptors (Lipinski definition) is 2. The molecule has 0 radical (unpaired) electrons. The fraction of sp³-hybridized carbons (Fsp3) is 0.0833. The van der Waals surface area contributed by atoms with Crippen molar-refractivity contribution in [1.82, 2.24) is 10.3 Å².